The van der Waals surface area contributed by atoms with Crippen LogP contribution in [0.5, 0.6) is 0 Å². The summed E-state index contributed by atoms with van der Waals surface area (Å²) in [5.41, 5.74) is 1.34. The van der Waals surface area contributed by atoms with Gasteiger partial charge in [-0.1, -0.05) is 25.5 Å². The van der Waals surface area contributed by atoms with Gasteiger partial charge in [0.25, 0.3) is 0 Å². The quantitative estimate of drug-likeness (QED) is 0.869. The van der Waals surface area contributed by atoms with Crippen LogP contribution in [0.2, 0.25) is 0 Å². The number of allylic oxidation sites excluding steroid dienone is 2. The van der Waals surface area contributed by atoms with Crippen LogP contribution in [-0.2, 0) is 24.3 Å². The molecule has 2 atom stereocenters. The molecule has 1 N–H and O–H groups in total. The van der Waals surface area contributed by atoms with Crippen LogP contribution in [0.1, 0.15) is 52.2 Å². The molecule has 0 bridgehead atoms. The number of rotatable bonds is 4. The molecular weight excluding hydrogens is 276 g/mol. The molecule has 2 heterocycles. The van der Waals surface area contributed by atoms with E-state index in [-0.39, 0.29) is 17.2 Å². The summed E-state index contributed by atoms with van der Waals surface area (Å²) in [7, 11) is 0. The molecule has 22 heavy (non-hydrogen) atoms. The normalized spacial score (nSPS) is 25.3. The smallest absolute Gasteiger partial charge is 0.224 e. The lowest BCUT2D eigenvalue weighted by Crippen LogP contribution is -2.28. The van der Waals surface area contributed by atoms with E-state index in [1.165, 1.54) is 18.4 Å². The number of fused-ring (bicyclic) bond motifs is 1. The summed E-state index contributed by atoms with van der Waals surface area (Å²) in [6.45, 7) is 9.97. The van der Waals surface area contributed by atoms with Gasteiger partial charge in [-0.15, -0.1) is 10.2 Å². The van der Waals surface area contributed by atoms with Gasteiger partial charge < -0.3 is 9.88 Å². The minimum atomic E-state index is 0.0611. The van der Waals surface area contributed by atoms with Crippen molar-refractivity contribution in [3.63, 3.8) is 0 Å². The van der Waals surface area contributed by atoms with Gasteiger partial charge >= 0.3 is 0 Å². The molecular formula is C17H26N4O. The van der Waals surface area contributed by atoms with Crippen molar-refractivity contribution in [2.24, 2.45) is 17.3 Å². The van der Waals surface area contributed by atoms with Crippen LogP contribution < -0.4 is 5.32 Å². The molecule has 3 rings (SSSR count). The molecule has 0 spiro atoms. The number of aryl methyl sites for hydroxylation is 1. The second kappa shape index (κ2) is 5.52. The summed E-state index contributed by atoms with van der Waals surface area (Å²) in [6.07, 6.45) is 5.58. The number of hydrogen-bond donors (Lipinski definition) is 1. The van der Waals surface area contributed by atoms with E-state index in [1.807, 2.05) is 0 Å². The number of hydrogen-bond acceptors (Lipinski definition) is 3. The Kier molecular flexibility index (Phi) is 3.83. The summed E-state index contributed by atoms with van der Waals surface area (Å²) in [6, 6.07) is 0. The summed E-state index contributed by atoms with van der Waals surface area (Å²) in [4.78, 5) is 12.5. The Morgan fingerprint density at radius 1 is 1.36 bits per heavy atom. The van der Waals surface area contributed by atoms with Gasteiger partial charge in [-0.2, -0.15) is 0 Å². The fourth-order valence-electron chi connectivity index (χ4n) is 3.62. The van der Waals surface area contributed by atoms with Crippen LogP contribution in [0.15, 0.2) is 11.6 Å². The summed E-state index contributed by atoms with van der Waals surface area (Å²) in [5.74, 6) is 2.52. The highest BCUT2D eigenvalue weighted by Crippen LogP contribution is 2.59. The minimum Gasteiger partial charge on any atom is -0.349 e. The monoisotopic (exact) mass is 302 g/mol. The Morgan fingerprint density at radius 2 is 2.14 bits per heavy atom. The largest absolute Gasteiger partial charge is 0.349 e. The molecule has 1 aromatic rings. The van der Waals surface area contributed by atoms with Crippen LogP contribution in [-0.4, -0.2) is 20.7 Å². The Morgan fingerprint density at radius 3 is 2.86 bits per heavy atom. The topological polar surface area (TPSA) is 59.8 Å². The van der Waals surface area contributed by atoms with E-state index in [2.05, 4.69) is 53.9 Å². The average molecular weight is 302 g/mol. The third-order valence-corrected chi connectivity index (χ3v) is 5.06. The predicted molar refractivity (Wildman–Crippen MR) is 85.0 cm³/mol. The fraction of sp³-hybridized carbons (Fsp3) is 0.706. The molecule has 0 saturated heterocycles. The van der Waals surface area contributed by atoms with Crippen molar-refractivity contribution < 1.29 is 4.79 Å². The lowest BCUT2D eigenvalue weighted by atomic mass is 10.1. The molecule has 0 radical (unpaired) electrons. The molecule has 1 aromatic heterocycles. The maximum absolute atomic E-state index is 12.5. The Labute approximate surface area is 132 Å². The first-order chi connectivity index (χ1) is 10.4. The van der Waals surface area contributed by atoms with E-state index >= 15 is 0 Å². The highest BCUT2D eigenvalue weighted by molar-refractivity contribution is 5.83. The van der Waals surface area contributed by atoms with Crippen molar-refractivity contribution in [2.75, 3.05) is 0 Å². The second-order valence-electron chi connectivity index (χ2n) is 7.43. The zero-order valence-electron chi connectivity index (χ0n) is 14.0. The van der Waals surface area contributed by atoms with Gasteiger partial charge in [0.15, 0.2) is 5.82 Å². The maximum atomic E-state index is 12.5. The Hall–Kier alpha value is -1.65. The van der Waals surface area contributed by atoms with Crippen LogP contribution >= 0.6 is 0 Å². The van der Waals surface area contributed by atoms with E-state index in [1.54, 1.807) is 0 Å². The van der Waals surface area contributed by atoms with E-state index in [9.17, 15) is 4.79 Å². The molecule has 1 saturated carbocycles. The SMILES string of the molecule is CC(C)=C[C@@H]1[C@@H](C(=O)NCc2nnc3n2CCCC3)C1(C)C. The first kappa shape index (κ1) is 15.3. The van der Waals surface area contributed by atoms with E-state index in [0.29, 0.717) is 12.5 Å². The second-order valence-corrected chi connectivity index (χ2v) is 7.43. The van der Waals surface area contributed by atoms with Crippen molar-refractivity contribution in [2.45, 2.75) is 60.0 Å². The lowest BCUT2D eigenvalue weighted by Gasteiger charge is -2.15. The summed E-state index contributed by atoms with van der Waals surface area (Å²) < 4.78 is 2.16. The van der Waals surface area contributed by atoms with Crippen molar-refractivity contribution in [3.8, 4) is 0 Å². The zero-order chi connectivity index (χ0) is 15.9. The first-order valence-electron chi connectivity index (χ1n) is 8.25. The first-order valence-corrected chi connectivity index (χ1v) is 8.25. The van der Waals surface area contributed by atoms with Crippen LogP contribution in [0.25, 0.3) is 0 Å². The predicted octanol–water partition coefficient (Wildman–Crippen LogP) is 2.47. The molecule has 2 aliphatic rings. The van der Waals surface area contributed by atoms with E-state index in [4.69, 9.17) is 0 Å². The van der Waals surface area contributed by atoms with Gasteiger partial charge in [-0.05, 0) is 38.0 Å². The fourth-order valence-corrected chi connectivity index (χ4v) is 3.62. The van der Waals surface area contributed by atoms with Crippen molar-refractivity contribution in [3.05, 3.63) is 23.3 Å². The average Bonchev–Trinajstić information content (AvgIpc) is 2.83. The highest BCUT2D eigenvalue weighted by atomic mass is 16.2. The third-order valence-electron chi connectivity index (χ3n) is 5.06. The van der Waals surface area contributed by atoms with Gasteiger partial charge in [0.1, 0.15) is 5.82 Å². The molecule has 0 unspecified atom stereocenters. The number of nitrogens with one attached hydrogen (secondary N) is 1. The summed E-state index contributed by atoms with van der Waals surface area (Å²) in [5, 5.41) is 11.5. The van der Waals surface area contributed by atoms with Crippen molar-refractivity contribution >= 4 is 5.91 Å². The van der Waals surface area contributed by atoms with E-state index in [0.717, 1.165) is 24.6 Å². The van der Waals surface area contributed by atoms with Crippen LogP contribution in [0.4, 0.5) is 0 Å². The standard InChI is InChI=1S/C17H26N4O/c1-11(2)9-12-15(17(12,3)4)16(22)18-10-14-20-19-13-7-5-6-8-21(13)14/h9,12,15H,5-8,10H2,1-4H3,(H,18,22)/t12-,15+/m1/s1. The van der Waals surface area contributed by atoms with Crippen molar-refractivity contribution in [1.29, 1.82) is 0 Å². The van der Waals surface area contributed by atoms with Gasteiger partial charge in [0, 0.05) is 13.0 Å². The third kappa shape index (κ3) is 2.69. The van der Waals surface area contributed by atoms with Gasteiger partial charge in [-0.3, -0.25) is 4.79 Å². The van der Waals surface area contributed by atoms with Gasteiger partial charge in [-0.25, -0.2) is 0 Å². The molecule has 1 aliphatic carbocycles. The lowest BCUT2D eigenvalue weighted by molar-refractivity contribution is -0.123. The van der Waals surface area contributed by atoms with Crippen LogP contribution in [0, 0.1) is 17.3 Å². The zero-order valence-corrected chi connectivity index (χ0v) is 14.0. The number of carbonyl (C=O) groups excluding carboxylic acids is 1. The van der Waals surface area contributed by atoms with Gasteiger partial charge in [0.2, 0.25) is 5.91 Å². The number of carbonyl (C=O) groups is 1. The Bertz CT molecular complexity index is 610. The molecule has 1 fully saturated rings. The molecule has 1 amide bonds. The molecule has 0 aromatic carbocycles. The van der Waals surface area contributed by atoms with E-state index < -0.39 is 0 Å². The molecule has 120 valence electrons. The van der Waals surface area contributed by atoms with Gasteiger partial charge in [0.05, 0.1) is 12.5 Å². The number of amides is 1. The molecule has 5 heteroatoms. The maximum Gasteiger partial charge on any atom is 0.224 e. The molecule has 5 nitrogen and oxygen atoms in total. The molecule has 1 aliphatic heterocycles. The number of nitrogens with zero attached hydrogens (tertiary/aromatic N) is 3. The van der Waals surface area contributed by atoms with Crippen LogP contribution in [0.3, 0.4) is 0 Å². The van der Waals surface area contributed by atoms with Crippen molar-refractivity contribution in [1.82, 2.24) is 20.1 Å². The minimum absolute atomic E-state index is 0.0611. The Balaban J connectivity index is 1.62. The summed E-state index contributed by atoms with van der Waals surface area (Å²) >= 11 is 0. The highest BCUT2D eigenvalue weighted by Gasteiger charge is 2.60. The number of aromatic nitrogens is 3.